The van der Waals surface area contributed by atoms with Gasteiger partial charge in [-0.15, -0.1) is 0 Å². The van der Waals surface area contributed by atoms with Crippen LogP contribution in [0.5, 0.6) is 0 Å². The normalized spacial score (nSPS) is 12.5. The Kier molecular flexibility index (Phi) is 6.55. The Balaban J connectivity index is 2.23. The van der Waals surface area contributed by atoms with E-state index in [1.54, 1.807) is 6.07 Å². The minimum absolute atomic E-state index is 0.166. The maximum absolute atomic E-state index is 12.5. The summed E-state index contributed by atoms with van der Waals surface area (Å²) >= 11 is 12.1. The van der Waals surface area contributed by atoms with Gasteiger partial charge in [-0.05, 0) is 37.6 Å². The fraction of sp³-hybridized carbons (Fsp3) is 0.278. The van der Waals surface area contributed by atoms with Gasteiger partial charge in [0.1, 0.15) is 6.04 Å². The van der Waals surface area contributed by atoms with Crippen LogP contribution >= 0.6 is 23.2 Å². The van der Waals surface area contributed by atoms with Crippen molar-refractivity contribution in [1.29, 1.82) is 0 Å². The average Bonchev–Trinajstić information content (AvgIpc) is 2.56. The Morgan fingerprint density at radius 3 is 2.35 bits per heavy atom. The van der Waals surface area contributed by atoms with Gasteiger partial charge in [0.25, 0.3) is 0 Å². The molecule has 5 nitrogen and oxygen atoms in total. The molecule has 0 saturated heterocycles. The Morgan fingerprint density at radius 2 is 1.77 bits per heavy atom. The highest BCUT2D eigenvalue weighted by Gasteiger charge is 2.30. The Labute approximate surface area is 164 Å². The van der Waals surface area contributed by atoms with Gasteiger partial charge in [-0.2, -0.15) is 0 Å². The number of anilines is 1. The summed E-state index contributed by atoms with van der Waals surface area (Å²) in [5, 5.41) is 3.27. The lowest BCUT2D eigenvalue weighted by Gasteiger charge is -2.29. The molecule has 0 aliphatic carbocycles. The average molecular weight is 415 g/mol. The van der Waals surface area contributed by atoms with Gasteiger partial charge < -0.3 is 5.32 Å². The molecule has 0 fully saturated rings. The third-order valence-electron chi connectivity index (χ3n) is 3.82. The predicted octanol–water partition coefficient (Wildman–Crippen LogP) is 3.77. The second kappa shape index (κ2) is 8.29. The molecular formula is C18H20Cl2N2O3S. The third-order valence-corrected chi connectivity index (χ3v) is 5.60. The first-order chi connectivity index (χ1) is 12.1. The molecule has 0 aliphatic rings. The minimum atomic E-state index is -3.76. The van der Waals surface area contributed by atoms with Gasteiger partial charge in [0.2, 0.25) is 15.9 Å². The highest BCUT2D eigenvalue weighted by Crippen LogP contribution is 2.32. The first-order valence-corrected chi connectivity index (χ1v) is 10.5. The van der Waals surface area contributed by atoms with E-state index in [0.717, 1.165) is 21.7 Å². The number of sulfonamides is 1. The molecule has 0 radical (unpaired) electrons. The molecule has 0 spiro atoms. The Morgan fingerprint density at radius 1 is 1.15 bits per heavy atom. The van der Waals surface area contributed by atoms with E-state index in [2.05, 4.69) is 5.32 Å². The number of hydrogen-bond donors (Lipinski definition) is 1. The number of nitrogens with zero attached hydrogens (tertiary/aromatic N) is 1. The predicted molar refractivity (Wildman–Crippen MR) is 106 cm³/mol. The van der Waals surface area contributed by atoms with Crippen LogP contribution in [0.25, 0.3) is 0 Å². The summed E-state index contributed by atoms with van der Waals surface area (Å²) in [6, 6.07) is 11.2. The van der Waals surface area contributed by atoms with Crippen molar-refractivity contribution >= 4 is 44.8 Å². The third kappa shape index (κ3) is 5.13. The molecule has 1 unspecified atom stereocenters. The SMILES string of the molecule is Cc1ccc(CNC(=O)C(C)N(c2cc(Cl)ccc2Cl)S(C)(=O)=O)cc1. The molecule has 0 aliphatic heterocycles. The minimum Gasteiger partial charge on any atom is -0.350 e. The van der Waals surface area contributed by atoms with Gasteiger partial charge in [0, 0.05) is 11.6 Å². The molecule has 0 heterocycles. The van der Waals surface area contributed by atoms with Crippen LogP contribution in [0.1, 0.15) is 18.1 Å². The first-order valence-electron chi connectivity index (χ1n) is 7.87. The van der Waals surface area contributed by atoms with Crippen molar-refractivity contribution in [3.05, 3.63) is 63.6 Å². The van der Waals surface area contributed by atoms with Crippen LogP contribution < -0.4 is 9.62 Å². The molecule has 1 atom stereocenters. The smallest absolute Gasteiger partial charge is 0.243 e. The van der Waals surface area contributed by atoms with Gasteiger partial charge in [0.05, 0.1) is 17.0 Å². The van der Waals surface area contributed by atoms with Crippen molar-refractivity contribution in [1.82, 2.24) is 5.32 Å². The summed E-state index contributed by atoms with van der Waals surface area (Å²) in [5.74, 6) is -0.438. The molecule has 1 amide bonds. The van der Waals surface area contributed by atoms with Crippen LogP contribution in [0.4, 0.5) is 5.69 Å². The van der Waals surface area contributed by atoms with Crippen molar-refractivity contribution in [2.45, 2.75) is 26.4 Å². The highest BCUT2D eigenvalue weighted by atomic mass is 35.5. The van der Waals surface area contributed by atoms with Gasteiger partial charge in [-0.25, -0.2) is 8.42 Å². The number of rotatable bonds is 6. The highest BCUT2D eigenvalue weighted by molar-refractivity contribution is 7.92. The van der Waals surface area contributed by atoms with Crippen molar-refractivity contribution in [3.8, 4) is 0 Å². The zero-order valence-corrected chi connectivity index (χ0v) is 17.0. The molecule has 2 aromatic rings. The summed E-state index contributed by atoms with van der Waals surface area (Å²) in [6.07, 6.45) is 1.02. The van der Waals surface area contributed by atoms with Crippen LogP contribution in [0, 0.1) is 6.92 Å². The topological polar surface area (TPSA) is 66.5 Å². The van der Waals surface area contributed by atoms with E-state index in [4.69, 9.17) is 23.2 Å². The summed E-state index contributed by atoms with van der Waals surface area (Å²) in [5.41, 5.74) is 2.20. The van der Waals surface area contributed by atoms with Crippen molar-refractivity contribution < 1.29 is 13.2 Å². The molecule has 2 aromatic carbocycles. The van der Waals surface area contributed by atoms with Gasteiger partial charge in [-0.1, -0.05) is 53.0 Å². The van der Waals surface area contributed by atoms with Crippen molar-refractivity contribution in [3.63, 3.8) is 0 Å². The monoisotopic (exact) mass is 414 g/mol. The van der Waals surface area contributed by atoms with Gasteiger partial charge >= 0.3 is 0 Å². The zero-order chi connectivity index (χ0) is 19.5. The van der Waals surface area contributed by atoms with Crippen molar-refractivity contribution in [2.24, 2.45) is 0 Å². The molecule has 2 rings (SSSR count). The van der Waals surface area contributed by atoms with E-state index < -0.39 is 22.0 Å². The summed E-state index contributed by atoms with van der Waals surface area (Å²) in [7, 11) is -3.76. The molecular weight excluding hydrogens is 395 g/mol. The van der Waals surface area contributed by atoms with Gasteiger partial charge in [-0.3, -0.25) is 9.10 Å². The maximum Gasteiger partial charge on any atom is 0.243 e. The maximum atomic E-state index is 12.5. The van der Waals surface area contributed by atoms with E-state index in [-0.39, 0.29) is 10.7 Å². The first kappa shape index (κ1) is 20.6. The number of amides is 1. The fourth-order valence-electron chi connectivity index (χ4n) is 2.48. The number of nitrogens with one attached hydrogen (secondary N) is 1. The molecule has 140 valence electrons. The van der Waals surface area contributed by atoms with E-state index in [9.17, 15) is 13.2 Å². The molecule has 0 bridgehead atoms. The lowest BCUT2D eigenvalue weighted by atomic mass is 10.1. The second-order valence-corrected chi connectivity index (χ2v) is 8.74. The van der Waals surface area contributed by atoms with E-state index in [1.165, 1.54) is 19.1 Å². The lowest BCUT2D eigenvalue weighted by molar-refractivity contribution is -0.122. The summed E-state index contributed by atoms with van der Waals surface area (Å²) < 4.78 is 25.6. The number of benzene rings is 2. The second-order valence-electron chi connectivity index (χ2n) is 6.03. The fourth-order valence-corrected chi connectivity index (χ4v) is 4.08. The number of hydrogen-bond acceptors (Lipinski definition) is 3. The van der Waals surface area contributed by atoms with E-state index >= 15 is 0 Å². The van der Waals surface area contributed by atoms with Crippen LogP contribution in [-0.2, 0) is 21.4 Å². The molecule has 0 saturated carbocycles. The Bertz CT molecular complexity index is 899. The van der Waals surface area contributed by atoms with Gasteiger partial charge in [0.15, 0.2) is 0 Å². The lowest BCUT2D eigenvalue weighted by Crippen LogP contribution is -2.47. The van der Waals surface area contributed by atoms with Crippen LogP contribution in [0.2, 0.25) is 10.0 Å². The summed E-state index contributed by atoms with van der Waals surface area (Å²) in [6.45, 7) is 3.77. The largest absolute Gasteiger partial charge is 0.350 e. The zero-order valence-electron chi connectivity index (χ0n) is 14.7. The van der Waals surface area contributed by atoms with Crippen LogP contribution in [0.15, 0.2) is 42.5 Å². The number of carbonyl (C=O) groups excluding carboxylic acids is 1. The van der Waals surface area contributed by atoms with E-state index in [0.29, 0.717) is 11.6 Å². The summed E-state index contributed by atoms with van der Waals surface area (Å²) in [4.78, 5) is 12.5. The number of halogens is 2. The molecule has 26 heavy (non-hydrogen) atoms. The van der Waals surface area contributed by atoms with Crippen LogP contribution in [0.3, 0.4) is 0 Å². The van der Waals surface area contributed by atoms with Crippen molar-refractivity contribution in [2.75, 3.05) is 10.6 Å². The van der Waals surface area contributed by atoms with E-state index in [1.807, 2.05) is 31.2 Å². The standard InChI is InChI=1S/C18H20Cl2N2O3S/c1-12-4-6-14(7-5-12)11-21-18(23)13(2)22(26(3,24)25)17-10-15(19)8-9-16(17)20/h4-10,13H,11H2,1-3H3,(H,21,23). The quantitative estimate of drug-likeness (QED) is 0.781. The van der Waals surface area contributed by atoms with Crippen LogP contribution in [-0.4, -0.2) is 26.6 Å². The Hall–Kier alpha value is -1.76. The number of carbonyl (C=O) groups is 1. The molecule has 1 N–H and O–H groups in total. The molecule has 8 heteroatoms. The molecule has 0 aromatic heterocycles. The number of aryl methyl sites for hydroxylation is 1.